The number of fused-ring (bicyclic) bond motifs is 1. The first-order valence-corrected chi connectivity index (χ1v) is 5.97. The Balaban J connectivity index is 1.97. The summed E-state index contributed by atoms with van der Waals surface area (Å²) in [6.45, 7) is -0.207. The van der Waals surface area contributed by atoms with E-state index in [4.69, 9.17) is 0 Å². The van der Waals surface area contributed by atoms with Crippen molar-refractivity contribution in [1.82, 2.24) is 14.2 Å². The molecule has 2 aromatic heterocycles. The molecule has 0 atom stereocenters. The van der Waals surface area contributed by atoms with Gasteiger partial charge in [-0.2, -0.15) is 5.10 Å². The second-order valence-corrected chi connectivity index (χ2v) is 4.30. The van der Waals surface area contributed by atoms with E-state index in [2.05, 4.69) is 5.10 Å². The summed E-state index contributed by atoms with van der Waals surface area (Å²) in [4.78, 5) is 24.1. The number of hydrogen-bond donors (Lipinski definition) is 0. The lowest BCUT2D eigenvalue weighted by atomic mass is 10.1. The lowest BCUT2D eigenvalue weighted by Crippen LogP contribution is -2.25. The fourth-order valence-electron chi connectivity index (χ4n) is 2.01. The van der Waals surface area contributed by atoms with Crippen molar-refractivity contribution in [2.24, 2.45) is 0 Å². The van der Waals surface area contributed by atoms with Gasteiger partial charge < -0.3 is 4.57 Å². The van der Waals surface area contributed by atoms with Crippen molar-refractivity contribution < 1.29 is 9.18 Å². The van der Waals surface area contributed by atoms with E-state index in [1.807, 2.05) is 0 Å². The summed E-state index contributed by atoms with van der Waals surface area (Å²) in [6.07, 6.45) is 4.53. The monoisotopic (exact) mass is 271 g/mol. The molecule has 0 fully saturated rings. The minimum absolute atomic E-state index is 0.0206. The number of benzene rings is 1. The maximum Gasteiger partial charge on any atom is 0.276 e. The molecule has 0 spiro atoms. The molecule has 2 heterocycles. The van der Waals surface area contributed by atoms with Gasteiger partial charge in [-0.05, 0) is 18.2 Å². The summed E-state index contributed by atoms with van der Waals surface area (Å²) in [6, 6.07) is 7.28. The molecule has 3 rings (SSSR count). The second kappa shape index (κ2) is 4.73. The quantitative estimate of drug-likeness (QED) is 0.679. The molecule has 0 unspecified atom stereocenters. The first kappa shape index (κ1) is 12.3. The topological polar surface area (TPSA) is 56.4 Å². The van der Waals surface area contributed by atoms with Crippen molar-refractivity contribution in [3.05, 3.63) is 70.7 Å². The van der Waals surface area contributed by atoms with Gasteiger partial charge in [-0.1, -0.05) is 12.1 Å². The lowest BCUT2D eigenvalue weighted by Gasteiger charge is -2.06. The van der Waals surface area contributed by atoms with Crippen LogP contribution in [0.2, 0.25) is 0 Å². The predicted octanol–water partition coefficient (Wildman–Crippen LogP) is 1.52. The zero-order chi connectivity index (χ0) is 14.1. The molecule has 1 aromatic carbocycles. The average Bonchev–Trinajstić information content (AvgIpc) is 2.91. The summed E-state index contributed by atoms with van der Waals surface area (Å²) in [5, 5.41) is 3.93. The maximum absolute atomic E-state index is 13.5. The minimum atomic E-state index is -0.587. The minimum Gasteiger partial charge on any atom is -0.304 e. The molecule has 0 amide bonds. The van der Waals surface area contributed by atoms with E-state index >= 15 is 0 Å². The van der Waals surface area contributed by atoms with Crippen LogP contribution in [0.3, 0.4) is 0 Å². The van der Waals surface area contributed by atoms with Crippen LogP contribution in [0, 0.1) is 5.82 Å². The molecule has 0 aliphatic heterocycles. The average molecular weight is 271 g/mol. The van der Waals surface area contributed by atoms with Gasteiger partial charge in [0, 0.05) is 12.4 Å². The van der Waals surface area contributed by atoms with Gasteiger partial charge in [-0.3, -0.25) is 9.59 Å². The van der Waals surface area contributed by atoms with Crippen molar-refractivity contribution in [3.8, 4) is 0 Å². The highest BCUT2D eigenvalue weighted by molar-refractivity contribution is 5.96. The number of Topliss-reactive ketones (excluding diaryl/α,β-unsaturated/α-hetero) is 1. The van der Waals surface area contributed by atoms with Crippen LogP contribution in [0.4, 0.5) is 4.39 Å². The highest BCUT2D eigenvalue weighted by Crippen LogP contribution is 2.08. The van der Waals surface area contributed by atoms with Gasteiger partial charge in [0.25, 0.3) is 5.56 Å². The Kier molecular flexibility index (Phi) is 2.90. The van der Waals surface area contributed by atoms with E-state index in [1.54, 1.807) is 18.3 Å². The van der Waals surface area contributed by atoms with Gasteiger partial charge in [0.2, 0.25) is 0 Å². The molecule has 6 heteroatoms. The van der Waals surface area contributed by atoms with E-state index in [9.17, 15) is 14.0 Å². The number of carbonyl (C=O) groups is 1. The third kappa shape index (κ3) is 2.01. The number of aromatic nitrogens is 3. The van der Waals surface area contributed by atoms with E-state index in [1.165, 1.54) is 39.7 Å². The maximum atomic E-state index is 13.5. The van der Waals surface area contributed by atoms with Gasteiger partial charge in [-0.15, -0.1) is 0 Å². The van der Waals surface area contributed by atoms with Crippen LogP contribution in [0.1, 0.15) is 10.4 Å². The Morgan fingerprint density at radius 1 is 1.20 bits per heavy atom. The number of carbonyl (C=O) groups excluding carboxylic acids is 1. The molecule has 0 N–H and O–H groups in total. The number of rotatable bonds is 3. The number of nitrogens with zero attached hydrogens (tertiary/aromatic N) is 3. The van der Waals surface area contributed by atoms with E-state index in [0.717, 1.165) is 0 Å². The van der Waals surface area contributed by atoms with Crippen LogP contribution in [-0.4, -0.2) is 20.0 Å². The normalized spacial score (nSPS) is 10.8. The number of ketones is 1. The zero-order valence-corrected chi connectivity index (χ0v) is 10.4. The first-order valence-electron chi connectivity index (χ1n) is 5.97. The fourth-order valence-corrected chi connectivity index (χ4v) is 2.01. The molecule has 0 bridgehead atoms. The standard InChI is InChI=1S/C14H10FN3O2/c15-11-4-2-1-3-10(11)13(19)9-17-7-8-18-12(14(17)20)5-6-16-18/h1-8H,9H2. The van der Waals surface area contributed by atoms with Crippen molar-refractivity contribution in [3.63, 3.8) is 0 Å². The Morgan fingerprint density at radius 2 is 2.00 bits per heavy atom. The van der Waals surface area contributed by atoms with Gasteiger partial charge >= 0.3 is 0 Å². The first-order chi connectivity index (χ1) is 9.66. The molecule has 0 aliphatic rings. The van der Waals surface area contributed by atoms with Crippen molar-refractivity contribution in [2.75, 3.05) is 0 Å². The highest BCUT2D eigenvalue weighted by Gasteiger charge is 2.13. The van der Waals surface area contributed by atoms with Gasteiger partial charge in [0.15, 0.2) is 5.78 Å². The van der Waals surface area contributed by atoms with Gasteiger partial charge in [0.05, 0.1) is 18.3 Å². The Labute approximate surface area is 112 Å². The third-order valence-corrected chi connectivity index (χ3v) is 3.03. The van der Waals surface area contributed by atoms with Crippen LogP contribution < -0.4 is 5.56 Å². The highest BCUT2D eigenvalue weighted by atomic mass is 19.1. The van der Waals surface area contributed by atoms with Crippen LogP contribution >= 0.6 is 0 Å². The molecule has 0 aliphatic carbocycles. The molecule has 20 heavy (non-hydrogen) atoms. The molecule has 0 saturated carbocycles. The molecule has 3 aromatic rings. The number of halogens is 1. The fraction of sp³-hybridized carbons (Fsp3) is 0.0714. The van der Waals surface area contributed by atoms with Crippen molar-refractivity contribution in [1.29, 1.82) is 0 Å². The summed E-state index contributed by atoms with van der Waals surface area (Å²) in [5.74, 6) is -1.04. The van der Waals surface area contributed by atoms with Crippen LogP contribution in [0.25, 0.3) is 5.52 Å². The summed E-state index contributed by atoms with van der Waals surface area (Å²) in [5.41, 5.74) is 0.0105. The van der Waals surface area contributed by atoms with Gasteiger partial charge in [-0.25, -0.2) is 8.91 Å². The van der Waals surface area contributed by atoms with Crippen molar-refractivity contribution >= 4 is 11.3 Å². The molecule has 0 radical (unpaired) electrons. The molecular formula is C14H10FN3O2. The third-order valence-electron chi connectivity index (χ3n) is 3.03. The molecule has 5 nitrogen and oxygen atoms in total. The summed E-state index contributed by atoms with van der Waals surface area (Å²) in [7, 11) is 0. The van der Waals surface area contributed by atoms with Crippen molar-refractivity contribution in [2.45, 2.75) is 6.54 Å². The van der Waals surface area contributed by atoms with E-state index in [0.29, 0.717) is 5.52 Å². The lowest BCUT2D eigenvalue weighted by molar-refractivity contribution is 0.0967. The molecule has 0 saturated heterocycles. The Morgan fingerprint density at radius 3 is 2.80 bits per heavy atom. The molecular weight excluding hydrogens is 261 g/mol. The van der Waals surface area contributed by atoms with Gasteiger partial charge in [0.1, 0.15) is 11.3 Å². The smallest absolute Gasteiger partial charge is 0.276 e. The summed E-state index contributed by atoms with van der Waals surface area (Å²) < 4.78 is 16.2. The van der Waals surface area contributed by atoms with E-state index < -0.39 is 11.6 Å². The SMILES string of the molecule is O=C(Cn1ccn2nccc2c1=O)c1ccccc1F. The predicted molar refractivity (Wildman–Crippen MR) is 70.2 cm³/mol. The van der Waals surface area contributed by atoms with E-state index in [-0.39, 0.29) is 17.7 Å². The molecule has 100 valence electrons. The van der Waals surface area contributed by atoms with Crippen LogP contribution in [0.15, 0.2) is 53.7 Å². The summed E-state index contributed by atoms with van der Waals surface area (Å²) >= 11 is 0. The van der Waals surface area contributed by atoms with Crippen LogP contribution in [-0.2, 0) is 6.54 Å². The Hall–Kier alpha value is -2.76. The van der Waals surface area contributed by atoms with Crippen LogP contribution in [0.5, 0.6) is 0 Å². The second-order valence-electron chi connectivity index (χ2n) is 4.30. The largest absolute Gasteiger partial charge is 0.304 e. The Bertz CT molecular complexity index is 851. The zero-order valence-electron chi connectivity index (χ0n) is 10.4. The number of hydrogen-bond acceptors (Lipinski definition) is 3.